The summed E-state index contributed by atoms with van der Waals surface area (Å²) in [5.41, 5.74) is -0.715. The smallest absolute Gasteiger partial charge is 0.0849 e. The molecule has 4 unspecified atom stereocenters. The molecule has 2 rings (SSSR count). The van der Waals surface area contributed by atoms with Crippen molar-refractivity contribution in [1.29, 1.82) is 0 Å². The first kappa shape index (κ1) is 13.3. The van der Waals surface area contributed by atoms with Gasteiger partial charge in [0.25, 0.3) is 0 Å². The molecule has 2 heterocycles. The highest BCUT2D eigenvalue weighted by atomic mass is 16.5. The predicted octanol–water partition coefficient (Wildman–Crippen LogP) is 2.08. The lowest BCUT2D eigenvalue weighted by Crippen LogP contribution is -2.60. The van der Waals surface area contributed by atoms with Crippen LogP contribution in [0.15, 0.2) is 0 Å². The van der Waals surface area contributed by atoms with Crippen molar-refractivity contribution in [1.82, 2.24) is 5.32 Å². The molecule has 0 radical (unpaired) electrons. The number of aliphatic hydroxyl groups is 1. The van der Waals surface area contributed by atoms with Crippen LogP contribution in [0, 0.1) is 5.92 Å². The first-order chi connectivity index (χ1) is 7.97. The largest absolute Gasteiger partial charge is 0.388 e. The van der Waals surface area contributed by atoms with Crippen LogP contribution < -0.4 is 5.32 Å². The normalized spacial score (nSPS) is 48.0. The fourth-order valence-electron chi connectivity index (χ4n) is 3.30. The van der Waals surface area contributed by atoms with E-state index in [0.29, 0.717) is 6.61 Å². The highest BCUT2D eigenvalue weighted by Crippen LogP contribution is 2.39. The number of ether oxygens (including phenoxy) is 1. The molecule has 4 atom stereocenters. The van der Waals surface area contributed by atoms with Crippen LogP contribution in [0.3, 0.4) is 0 Å². The maximum Gasteiger partial charge on any atom is 0.0849 e. The highest BCUT2D eigenvalue weighted by molar-refractivity contribution is 5.01. The number of hydrogen-bond acceptors (Lipinski definition) is 3. The topological polar surface area (TPSA) is 41.5 Å². The van der Waals surface area contributed by atoms with E-state index in [9.17, 15) is 5.11 Å². The van der Waals surface area contributed by atoms with E-state index in [1.807, 2.05) is 0 Å². The molecule has 2 aliphatic heterocycles. The third kappa shape index (κ3) is 2.83. The van der Waals surface area contributed by atoms with Gasteiger partial charge in [0, 0.05) is 18.9 Å². The second-order valence-electron chi connectivity index (χ2n) is 6.32. The Balaban J connectivity index is 2.06. The van der Waals surface area contributed by atoms with E-state index in [1.165, 1.54) is 6.42 Å². The predicted molar refractivity (Wildman–Crippen MR) is 69.0 cm³/mol. The maximum atomic E-state index is 10.9. The Morgan fingerprint density at radius 3 is 2.88 bits per heavy atom. The van der Waals surface area contributed by atoms with Gasteiger partial charge in [0.05, 0.1) is 17.8 Å². The molecule has 2 fully saturated rings. The second-order valence-corrected chi connectivity index (χ2v) is 6.32. The zero-order valence-corrected chi connectivity index (χ0v) is 11.5. The number of nitrogens with one attached hydrogen (secondary N) is 1. The fraction of sp³-hybridized carbons (Fsp3) is 1.00. The lowest BCUT2D eigenvalue weighted by molar-refractivity contribution is -0.168. The molecule has 0 amide bonds. The summed E-state index contributed by atoms with van der Waals surface area (Å²) in [6, 6.07) is 0.251. The van der Waals surface area contributed by atoms with Gasteiger partial charge in [0.15, 0.2) is 0 Å². The van der Waals surface area contributed by atoms with Crippen LogP contribution in [0.1, 0.15) is 52.9 Å². The van der Waals surface area contributed by atoms with Crippen molar-refractivity contribution in [3.8, 4) is 0 Å². The van der Waals surface area contributed by atoms with Gasteiger partial charge in [-0.3, -0.25) is 0 Å². The Bertz CT molecular complexity index is 271. The van der Waals surface area contributed by atoms with Crippen molar-refractivity contribution in [2.24, 2.45) is 5.92 Å². The molecule has 0 aromatic carbocycles. The van der Waals surface area contributed by atoms with Crippen LogP contribution in [0.25, 0.3) is 0 Å². The minimum Gasteiger partial charge on any atom is -0.388 e. The summed E-state index contributed by atoms with van der Waals surface area (Å²) in [5, 5.41) is 14.5. The minimum absolute atomic E-state index is 0.143. The molecule has 3 nitrogen and oxygen atoms in total. The lowest BCUT2D eigenvalue weighted by atomic mass is 9.73. The van der Waals surface area contributed by atoms with E-state index in [2.05, 4.69) is 26.1 Å². The van der Waals surface area contributed by atoms with Crippen molar-refractivity contribution in [3.05, 3.63) is 0 Å². The molecule has 0 aromatic heterocycles. The first-order valence-electron chi connectivity index (χ1n) is 7.07. The first-order valence-corrected chi connectivity index (χ1v) is 7.07. The van der Waals surface area contributed by atoms with Gasteiger partial charge in [-0.1, -0.05) is 13.8 Å². The minimum atomic E-state index is -0.572. The van der Waals surface area contributed by atoms with Crippen molar-refractivity contribution < 1.29 is 9.84 Å². The van der Waals surface area contributed by atoms with Gasteiger partial charge < -0.3 is 15.2 Å². The summed E-state index contributed by atoms with van der Waals surface area (Å²) < 4.78 is 5.84. The summed E-state index contributed by atoms with van der Waals surface area (Å²) in [7, 11) is 0. The molecule has 0 bridgehead atoms. The average molecular weight is 241 g/mol. The Labute approximate surface area is 105 Å². The number of piperidine rings is 1. The zero-order valence-electron chi connectivity index (χ0n) is 11.5. The molecule has 0 aliphatic carbocycles. The van der Waals surface area contributed by atoms with Gasteiger partial charge in [-0.15, -0.1) is 0 Å². The molecule has 0 aromatic rings. The quantitative estimate of drug-likeness (QED) is 0.778. The molecule has 17 heavy (non-hydrogen) atoms. The fourth-order valence-corrected chi connectivity index (χ4v) is 3.30. The van der Waals surface area contributed by atoms with E-state index in [1.54, 1.807) is 0 Å². The van der Waals surface area contributed by atoms with Crippen LogP contribution in [-0.2, 0) is 4.74 Å². The van der Waals surface area contributed by atoms with Gasteiger partial charge in [-0.05, 0) is 38.6 Å². The average Bonchev–Trinajstić information content (AvgIpc) is 2.29. The van der Waals surface area contributed by atoms with E-state index in [-0.39, 0.29) is 11.6 Å². The lowest BCUT2D eigenvalue weighted by Gasteiger charge is -2.48. The summed E-state index contributed by atoms with van der Waals surface area (Å²) >= 11 is 0. The maximum absolute atomic E-state index is 10.9. The zero-order chi connectivity index (χ0) is 12.5. The standard InChI is InChI=1S/C14H27NO2/c1-4-13(3)10-14(16,6-8-17-13)12-9-11(2)5-7-15-12/h11-12,15-16H,4-10H2,1-3H3. The summed E-state index contributed by atoms with van der Waals surface area (Å²) in [6.45, 7) is 8.28. The van der Waals surface area contributed by atoms with Crippen LogP contribution in [0.5, 0.6) is 0 Å². The van der Waals surface area contributed by atoms with E-state index >= 15 is 0 Å². The van der Waals surface area contributed by atoms with Gasteiger partial charge in [-0.25, -0.2) is 0 Å². The SMILES string of the molecule is CCC1(C)CC(O)(C2CC(C)CCN2)CCO1. The summed E-state index contributed by atoms with van der Waals surface area (Å²) in [4.78, 5) is 0. The van der Waals surface area contributed by atoms with Crippen molar-refractivity contribution in [3.63, 3.8) is 0 Å². The van der Waals surface area contributed by atoms with Gasteiger partial charge in [0.1, 0.15) is 0 Å². The molecule has 3 heteroatoms. The van der Waals surface area contributed by atoms with Crippen LogP contribution in [0.4, 0.5) is 0 Å². The third-order valence-electron chi connectivity index (χ3n) is 4.73. The van der Waals surface area contributed by atoms with Crippen molar-refractivity contribution >= 4 is 0 Å². The molecular weight excluding hydrogens is 214 g/mol. The van der Waals surface area contributed by atoms with Gasteiger partial charge in [0.2, 0.25) is 0 Å². The van der Waals surface area contributed by atoms with E-state index in [0.717, 1.165) is 38.1 Å². The monoisotopic (exact) mass is 241 g/mol. The second kappa shape index (κ2) is 4.87. The Kier molecular flexibility index (Phi) is 3.81. The number of hydrogen-bond donors (Lipinski definition) is 2. The Morgan fingerprint density at radius 2 is 2.24 bits per heavy atom. The Morgan fingerprint density at radius 1 is 1.47 bits per heavy atom. The molecule has 0 saturated carbocycles. The number of rotatable bonds is 2. The van der Waals surface area contributed by atoms with Gasteiger partial charge in [-0.2, -0.15) is 0 Å². The molecular formula is C14H27NO2. The molecule has 2 N–H and O–H groups in total. The molecule has 0 spiro atoms. The Hall–Kier alpha value is -0.120. The van der Waals surface area contributed by atoms with E-state index < -0.39 is 5.60 Å². The summed E-state index contributed by atoms with van der Waals surface area (Å²) in [6.07, 6.45) is 4.83. The third-order valence-corrected chi connectivity index (χ3v) is 4.73. The molecule has 100 valence electrons. The van der Waals surface area contributed by atoms with E-state index in [4.69, 9.17) is 4.74 Å². The van der Waals surface area contributed by atoms with Crippen molar-refractivity contribution in [2.45, 2.75) is 70.1 Å². The molecule has 2 aliphatic rings. The van der Waals surface area contributed by atoms with Crippen LogP contribution >= 0.6 is 0 Å². The van der Waals surface area contributed by atoms with Crippen LogP contribution in [-0.4, -0.2) is 35.5 Å². The van der Waals surface area contributed by atoms with Crippen molar-refractivity contribution in [2.75, 3.05) is 13.2 Å². The van der Waals surface area contributed by atoms with Gasteiger partial charge >= 0.3 is 0 Å². The summed E-state index contributed by atoms with van der Waals surface area (Å²) in [5.74, 6) is 0.723. The highest BCUT2D eigenvalue weighted by Gasteiger charge is 2.46. The molecule has 2 saturated heterocycles. The van der Waals surface area contributed by atoms with Crippen LogP contribution in [0.2, 0.25) is 0 Å².